The Hall–Kier alpha value is -2.24. The number of rotatable bonds is 7. The minimum Gasteiger partial charge on any atom is -0.497 e. The van der Waals surface area contributed by atoms with Crippen molar-refractivity contribution in [3.8, 4) is 11.5 Å². The first-order valence-electron chi connectivity index (χ1n) is 8.07. The monoisotopic (exact) mass is 394 g/mol. The van der Waals surface area contributed by atoms with Gasteiger partial charge in [0.1, 0.15) is 11.5 Å². The van der Waals surface area contributed by atoms with Crippen LogP contribution in [-0.2, 0) is 4.79 Å². The quantitative estimate of drug-likeness (QED) is 0.546. The molecule has 0 aliphatic rings. The van der Waals surface area contributed by atoms with Crippen LogP contribution in [0.1, 0.15) is 25.8 Å². The molecule has 1 atom stereocenters. The molecule has 0 aliphatic carbocycles. The molecule has 0 saturated heterocycles. The Morgan fingerprint density at radius 3 is 2.46 bits per heavy atom. The van der Waals surface area contributed by atoms with Crippen molar-refractivity contribution < 1.29 is 14.3 Å². The lowest BCUT2D eigenvalue weighted by Crippen LogP contribution is -2.34. The van der Waals surface area contributed by atoms with Gasteiger partial charge >= 0.3 is 0 Å². The van der Waals surface area contributed by atoms with Gasteiger partial charge in [0.05, 0.1) is 17.8 Å². The molecule has 0 fully saturated rings. The van der Waals surface area contributed by atoms with Crippen LogP contribution in [0.4, 0.5) is 0 Å². The summed E-state index contributed by atoms with van der Waals surface area (Å²) < 4.78 is 10.7. The molecule has 7 heteroatoms. The SMILES string of the molecule is CCC(=NNC(=O)C(C)Oc1ccc(Cl)cc1Cl)c1ccc(OC)cc1. The molecule has 0 aromatic heterocycles. The number of hydrazone groups is 1. The molecule has 0 saturated carbocycles. The van der Waals surface area contributed by atoms with Gasteiger partial charge in [-0.1, -0.05) is 30.1 Å². The van der Waals surface area contributed by atoms with Crippen LogP contribution in [0.3, 0.4) is 0 Å². The maximum Gasteiger partial charge on any atom is 0.280 e. The van der Waals surface area contributed by atoms with Crippen LogP contribution in [0, 0.1) is 0 Å². The molecule has 0 radical (unpaired) electrons. The van der Waals surface area contributed by atoms with Crippen molar-refractivity contribution in [3.05, 3.63) is 58.1 Å². The van der Waals surface area contributed by atoms with E-state index in [0.717, 1.165) is 17.0 Å². The van der Waals surface area contributed by atoms with E-state index in [0.29, 0.717) is 22.2 Å². The number of amides is 1. The predicted octanol–water partition coefficient (Wildman–Crippen LogP) is 4.70. The number of ether oxygens (including phenoxy) is 2. The fourth-order valence-corrected chi connectivity index (χ4v) is 2.61. The third kappa shape index (κ3) is 5.38. The van der Waals surface area contributed by atoms with Gasteiger partial charge < -0.3 is 9.47 Å². The van der Waals surface area contributed by atoms with Crippen molar-refractivity contribution in [2.24, 2.45) is 5.10 Å². The minimum atomic E-state index is -0.772. The van der Waals surface area contributed by atoms with Crippen LogP contribution in [0.2, 0.25) is 10.0 Å². The van der Waals surface area contributed by atoms with Crippen LogP contribution in [0.5, 0.6) is 11.5 Å². The summed E-state index contributed by atoms with van der Waals surface area (Å²) in [5, 5.41) is 5.05. The van der Waals surface area contributed by atoms with Gasteiger partial charge in [-0.05, 0) is 61.4 Å². The summed E-state index contributed by atoms with van der Waals surface area (Å²) in [6.45, 7) is 3.58. The molecule has 0 bridgehead atoms. The average Bonchev–Trinajstić information content (AvgIpc) is 2.64. The van der Waals surface area contributed by atoms with E-state index in [9.17, 15) is 4.79 Å². The third-order valence-corrected chi connectivity index (χ3v) is 4.16. The van der Waals surface area contributed by atoms with Gasteiger partial charge in [0.15, 0.2) is 6.10 Å². The highest BCUT2D eigenvalue weighted by Gasteiger charge is 2.16. The van der Waals surface area contributed by atoms with E-state index in [1.165, 1.54) is 0 Å². The van der Waals surface area contributed by atoms with Gasteiger partial charge in [-0.25, -0.2) is 5.43 Å². The van der Waals surface area contributed by atoms with Crippen molar-refractivity contribution in [3.63, 3.8) is 0 Å². The minimum absolute atomic E-state index is 0.341. The lowest BCUT2D eigenvalue weighted by molar-refractivity contribution is -0.127. The van der Waals surface area contributed by atoms with Gasteiger partial charge in [0.25, 0.3) is 5.91 Å². The summed E-state index contributed by atoms with van der Waals surface area (Å²) in [6.07, 6.45) is -0.114. The first-order chi connectivity index (χ1) is 12.4. The number of halogens is 2. The van der Waals surface area contributed by atoms with Crippen molar-refractivity contribution >= 4 is 34.8 Å². The van der Waals surface area contributed by atoms with Crippen molar-refractivity contribution in [1.82, 2.24) is 5.43 Å². The molecule has 0 spiro atoms. The molecular weight excluding hydrogens is 375 g/mol. The second-order valence-corrected chi connectivity index (χ2v) is 6.30. The van der Waals surface area contributed by atoms with E-state index in [-0.39, 0.29) is 5.91 Å². The number of carbonyl (C=O) groups excluding carboxylic acids is 1. The van der Waals surface area contributed by atoms with E-state index in [4.69, 9.17) is 32.7 Å². The average molecular weight is 395 g/mol. The summed E-state index contributed by atoms with van der Waals surface area (Å²) >= 11 is 11.9. The standard InChI is InChI=1S/C19H20Cl2N2O3/c1-4-17(13-5-8-15(25-3)9-6-13)22-23-19(24)12(2)26-18-10-7-14(20)11-16(18)21/h5-12H,4H2,1-3H3,(H,23,24). The molecule has 1 N–H and O–H groups in total. The molecule has 1 unspecified atom stereocenters. The number of nitrogens with one attached hydrogen (secondary N) is 1. The molecule has 0 aliphatic heterocycles. The second kappa shape index (κ2) is 9.46. The maximum absolute atomic E-state index is 12.2. The predicted molar refractivity (Wildman–Crippen MR) is 105 cm³/mol. The Kier molecular flexibility index (Phi) is 7.30. The maximum atomic E-state index is 12.2. The smallest absolute Gasteiger partial charge is 0.280 e. The number of hydrogen-bond donors (Lipinski definition) is 1. The fraction of sp³-hybridized carbons (Fsp3) is 0.263. The van der Waals surface area contributed by atoms with Crippen molar-refractivity contribution in [2.45, 2.75) is 26.4 Å². The molecule has 26 heavy (non-hydrogen) atoms. The Labute approximate surface area is 162 Å². The number of benzene rings is 2. The van der Waals surface area contributed by atoms with Crippen LogP contribution in [0.25, 0.3) is 0 Å². The zero-order chi connectivity index (χ0) is 19.1. The third-order valence-electron chi connectivity index (χ3n) is 3.63. The number of hydrogen-bond acceptors (Lipinski definition) is 4. The van der Waals surface area contributed by atoms with E-state index in [1.807, 2.05) is 31.2 Å². The number of nitrogens with zero attached hydrogens (tertiary/aromatic N) is 1. The molecule has 1 amide bonds. The first kappa shape index (κ1) is 20.1. The molecule has 0 heterocycles. The molecular formula is C19H20Cl2N2O3. The molecule has 5 nitrogen and oxygen atoms in total. The Bertz CT molecular complexity index is 792. The number of methoxy groups -OCH3 is 1. The van der Waals surface area contributed by atoms with Crippen LogP contribution >= 0.6 is 23.2 Å². The summed E-state index contributed by atoms with van der Waals surface area (Å²) in [5.74, 6) is 0.763. The Balaban J connectivity index is 2.02. The van der Waals surface area contributed by atoms with Gasteiger partial charge in [-0.3, -0.25) is 4.79 Å². The normalized spacial score (nSPS) is 12.4. The van der Waals surface area contributed by atoms with Gasteiger partial charge in [-0.15, -0.1) is 0 Å². The molecule has 2 rings (SSSR count). The summed E-state index contributed by atoms with van der Waals surface area (Å²) in [7, 11) is 1.61. The largest absolute Gasteiger partial charge is 0.497 e. The van der Waals surface area contributed by atoms with Gasteiger partial charge in [-0.2, -0.15) is 5.10 Å². The highest BCUT2D eigenvalue weighted by atomic mass is 35.5. The van der Waals surface area contributed by atoms with Crippen molar-refractivity contribution in [1.29, 1.82) is 0 Å². The van der Waals surface area contributed by atoms with E-state index in [2.05, 4.69) is 10.5 Å². The number of carbonyl (C=O) groups is 1. The molecule has 2 aromatic carbocycles. The highest BCUT2D eigenvalue weighted by Crippen LogP contribution is 2.28. The summed E-state index contributed by atoms with van der Waals surface area (Å²) in [6, 6.07) is 12.3. The van der Waals surface area contributed by atoms with Gasteiger partial charge in [0.2, 0.25) is 0 Å². The van der Waals surface area contributed by atoms with E-state index in [1.54, 1.807) is 32.2 Å². The summed E-state index contributed by atoms with van der Waals surface area (Å²) in [4.78, 5) is 12.2. The first-order valence-corrected chi connectivity index (χ1v) is 8.82. The Morgan fingerprint density at radius 2 is 1.88 bits per heavy atom. The lowest BCUT2D eigenvalue weighted by atomic mass is 10.1. The van der Waals surface area contributed by atoms with Crippen LogP contribution in [-0.4, -0.2) is 24.8 Å². The highest BCUT2D eigenvalue weighted by molar-refractivity contribution is 6.35. The zero-order valence-corrected chi connectivity index (χ0v) is 16.3. The Morgan fingerprint density at radius 1 is 1.19 bits per heavy atom. The second-order valence-electron chi connectivity index (χ2n) is 5.45. The summed E-state index contributed by atoms with van der Waals surface area (Å²) in [5.41, 5.74) is 4.19. The van der Waals surface area contributed by atoms with Crippen molar-refractivity contribution in [2.75, 3.05) is 7.11 Å². The topological polar surface area (TPSA) is 59.9 Å². The van der Waals surface area contributed by atoms with E-state index < -0.39 is 6.10 Å². The molecule has 2 aromatic rings. The van der Waals surface area contributed by atoms with Crippen LogP contribution in [0.15, 0.2) is 47.6 Å². The lowest BCUT2D eigenvalue weighted by Gasteiger charge is -2.14. The fourth-order valence-electron chi connectivity index (χ4n) is 2.16. The zero-order valence-electron chi connectivity index (χ0n) is 14.8. The molecule has 138 valence electrons. The van der Waals surface area contributed by atoms with E-state index >= 15 is 0 Å². The van der Waals surface area contributed by atoms with Gasteiger partial charge in [0, 0.05) is 5.02 Å². The van der Waals surface area contributed by atoms with Crippen LogP contribution < -0.4 is 14.9 Å².